The van der Waals surface area contributed by atoms with Crippen LogP contribution >= 0.6 is 11.3 Å². The Hall–Kier alpha value is -2.49. The van der Waals surface area contributed by atoms with Gasteiger partial charge in [0.15, 0.2) is 5.78 Å². The lowest BCUT2D eigenvalue weighted by atomic mass is 9.73. The van der Waals surface area contributed by atoms with Crippen LogP contribution in [0.25, 0.3) is 0 Å². The molecule has 1 atom stereocenters. The van der Waals surface area contributed by atoms with E-state index in [4.69, 9.17) is 0 Å². The number of carbonyl (C=O) groups is 2. The van der Waals surface area contributed by atoms with E-state index in [1.54, 1.807) is 19.1 Å². The number of rotatable bonds is 5. The summed E-state index contributed by atoms with van der Waals surface area (Å²) in [6.45, 7) is 7.64. The van der Waals surface area contributed by atoms with Gasteiger partial charge in [0.25, 0.3) is 0 Å². The van der Waals surface area contributed by atoms with E-state index in [2.05, 4.69) is 11.8 Å². The zero-order valence-electron chi connectivity index (χ0n) is 18.9. The van der Waals surface area contributed by atoms with Crippen molar-refractivity contribution in [3.63, 3.8) is 0 Å². The van der Waals surface area contributed by atoms with Crippen molar-refractivity contribution < 1.29 is 24.2 Å². The predicted molar refractivity (Wildman–Crippen MR) is 124 cm³/mol. The Morgan fingerprint density at radius 1 is 1.16 bits per heavy atom. The van der Waals surface area contributed by atoms with Crippen LogP contribution in [0.15, 0.2) is 24.3 Å². The zero-order chi connectivity index (χ0) is 23.6. The molecular weight excluding hydrogens is 427 g/mol. The Kier molecular flexibility index (Phi) is 7.22. The van der Waals surface area contributed by atoms with Crippen LogP contribution in [-0.4, -0.2) is 28.1 Å². The van der Waals surface area contributed by atoms with Crippen LogP contribution in [0.5, 0.6) is 0 Å². The number of thiophene rings is 1. The van der Waals surface area contributed by atoms with E-state index >= 15 is 0 Å². The maximum atomic E-state index is 14.7. The Balaban J connectivity index is 2.12. The molecular formula is C26H29FO4S. The minimum absolute atomic E-state index is 0.0309. The maximum Gasteiger partial charge on any atom is 0.346 e. The molecule has 0 amide bonds. The van der Waals surface area contributed by atoms with Crippen molar-refractivity contribution in [2.45, 2.75) is 65.4 Å². The molecule has 1 aliphatic rings. The number of aliphatic hydroxyl groups is 1. The van der Waals surface area contributed by atoms with Crippen molar-refractivity contribution in [1.82, 2.24) is 0 Å². The molecule has 0 radical (unpaired) electrons. The average Bonchev–Trinajstić information content (AvgIpc) is 3.12. The third kappa shape index (κ3) is 5.65. The van der Waals surface area contributed by atoms with Gasteiger partial charge in [0.2, 0.25) is 0 Å². The second-order valence-electron chi connectivity index (χ2n) is 9.59. The first-order valence-electron chi connectivity index (χ1n) is 10.8. The van der Waals surface area contributed by atoms with Gasteiger partial charge in [-0.2, -0.15) is 0 Å². The largest absolute Gasteiger partial charge is 0.477 e. The van der Waals surface area contributed by atoms with E-state index in [1.807, 2.05) is 20.8 Å². The standard InChI is InChI=1S/C26H29FO4S/c1-15-5-10-19(21(27)13-15)23(29)22(16-6-8-17(28)9-7-16)20-14-18(11-12-26(2,3)4)32-24(20)25(30)31/h5,10,13-14,16-17,22,28H,6-9H2,1-4H3,(H,30,31). The molecule has 0 bridgehead atoms. The summed E-state index contributed by atoms with van der Waals surface area (Å²) in [5.41, 5.74) is 0.814. The fourth-order valence-electron chi connectivity index (χ4n) is 4.15. The van der Waals surface area contributed by atoms with Gasteiger partial charge in [0.05, 0.1) is 22.5 Å². The zero-order valence-corrected chi connectivity index (χ0v) is 19.7. The third-order valence-corrected chi connectivity index (χ3v) is 6.79. The lowest BCUT2D eigenvalue weighted by Crippen LogP contribution is -2.29. The molecule has 0 saturated heterocycles. The summed E-state index contributed by atoms with van der Waals surface area (Å²) in [5, 5.41) is 19.8. The summed E-state index contributed by atoms with van der Waals surface area (Å²) >= 11 is 1.05. The van der Waals surface area contributed by atoms with Crippen molar-refractivity contribution in [2.24, 2.45) is 11.3 Å². The molecule has 0 spiro atoms. The van der Waals surface area contributed by atoms with Gasteiger partial charge in [-0.3, -0.25) is 4.79 Å². The van der Waals surface area contributed by atoms with Crippen LogP contribution in [0.1, 0.15) is 88.4 Å². The molecule has 1 saturated carbocycles. The van der Waals surface area contributed by atoms with Gasteiger partial charge in [-0.1, -0.05) is 17.9 Å². The molecule has 170 valence electrons. The van der Waals surface area contributed by atoms with Gasteiger partial charge < -0.3 is 10.2 Å². The maximum absolute atomic E-state index is 14.7. The molecule has 2 aromatic rings. The molecule has 32 heavy (non-hydrogen) atoms. The highest BCUT2D eigenvalue weighted by Gasteiger charge is 2.37. The second-order valence-corrected chi connectivity index (χ2v) is 10.6. The van der Waals surface area contributed by atoms with E-state index in [9.17, 15) is 24.2 Å². The van der Waals surface area contributed by atoms with E-state index < -0.39 is 29.6 Å². The van der Waals surface area contributed by atoms with Crippen LogP contribution in [-0.2, 0) is 0 Å². The summed E-state index contributed by atoms with van der Waals surface area (Å²) in [7, 11) is 0. The minimum Gasteiger partial charge on any atom is -0.477 e. The number of aromatic carboxylic acids is 1. The fraction of sp³-hybridized carbons (Fsp3) is 0.462. The highest BCUT2D eigenvalue weighted by atomic mass is 32.1. The quantitative estimate of drug-likeness (QED) is 0.440. The molecule has 6 heteroatoms. The van der Waals surface area contributed by atoms with E-state index in [0.29, 0.717) is 41.7 Å². The number of carbonyl (C=O) groups excluding carboxylic acids is 1. The van der Waals surface area contributed by atoms with Crippen LogP contribution in [0.4, 0.5) is 4.39 Å². The lowest BCUT2D eigenvalue weighted by molar-refractivity contribution is 0.0696. The molecule has 0 aliphatic heterocycles. The minimum atomic E-state index is -1.12. The van der Waals surface area contributed by atoms with Crippen molar-refractivity contribution in [3.8, 4) is 11.8 Å². The number of benzene rings is 1. The Labute approximate surface area is 192 Å². The first kappa shape index (κ1) is 24.2. The van der Waals surface area contributed by atoms with Crippen molar-refractivity contribution in [3.05, 3.63) is 56.5 Å². The molecule has 1 aromatic carbocycles. The number of hydrogen-bond acceptors (Lipinski definition) is 4. The average molecular weight is 457 g/mol. The lowest BCUT2D eigenvalue weighted by Gasteiger charge is -2.31. The van der Waals surface area contributed by atoms with E-state index in [-0.39, 0.29) is 21.8 Å². The molecule has 1 heterocycles. The van der Waals surface area contributed by atoms with Crippen molar-refractivity contribution in [2.75, 3.05) is 0 Å². The molecule has 1 unspecified atom stereocenters. The van der Waals surface area contributed by atoms with Crippen LogP contribution in [0.3, 0.4) is 0 Å². The smallest absolute Gasteiger partial charge is 0.346 e. The van der Waals surface area contributed by atoms with Crippen LogP contribution < -0.4 is 0 Å². The van der Waals surface area contributed by atoms with Crippen LogP contribution in [0.2, 0.25) is 0 Å². The molecule has 1 fully saturated rings. The van der Waals surface area contributed by atoms with Gasteiger partial charge in [0, 0.05) is 5.41 Å². The fourth-order valence-corrected chi connectivity index (χ4v) is 5.04. The number of aliphatic hydroxyl groups excluding tert-OH is 1. The summed E-state index contributed by atoms with van der Waals surface area (Å²) in [6.07, 6.45) is 1.79. The third-order valence-electron chi connectivity index (χ3n) is 5.74. The predicted octanol–water partition coefficient (Wildman–Crippen LogP) is 5.81. The highest BCUT2D eigenvalue weighted by Crippen LogP contribution is 2.42. The second kappa shape index (κ2) is 9.56. The molecule has 2 N–H and O–H groups in total. The van der Waals surface area contributed by atoms with Gasteiger partial charge in [-0.05, 0) is 88.6 Å². The first-order valence-corrected chi connectivity index (χ1v) is 11.7. The summed E-state index contributed by atoms with van der Waals surface area (Å²) in [6, 6.07) is 6.17. The van der Waals surface area contributed by atoms with Gasteiger partial charge >= 0.3 is 5.97 Å². The van der Waals surface area contributed by atoms with Crippen LogP contribution in [0, 0.1) is 35.9 Å². The molecule has 4 nitrogen and oxygen atoms in total. The van der Waals surface area contributed by atoms with E-state index in [1.165, 1.54) is 12.1 Å². The highest BCUT2D eigenvalue weighted by molar-refractivity contribution is 7.14. The topological polar surface area (TPSA) is 74.6 Å². The summed E-state index contributed by atoms with van der Waals surface area (Å²) in [5.74, 6) is 3.04. The number of halogens is 1. The number of carboxylic acids is 1. The monoisotopic (exact) mass is 456 g/mol. The summed E-state index contributed by atoms with van der Waals surface area (Å²) < 4.78 is 14.7. The molecule has 1 aliphatic carbocycles. The van der Waals surface area contributed by atoms with Crippen molar-refractivity contribution in [1.29, 1.82) is 0 Å². The first-order chi connectivity index (χ1) is 15.0. The SMILES string of the molecule is Cc1ccc(C(=O)C(c2cc(C#CC(C)(C)C)sc2C(=O)O)C2CCC(O)CC2)c(F)c1. The number of Topliss-reactive ketones (excluding diaryl/α,β-unsaturated/α-hetero) is 1. The molecule has 1 aromatic heterocycles. The number of aryl methyl sites for hydroxylation is 1. The Morgan fingerprint density at radius 3 is 2.38 bits per heavy atom. The number of ketones is 1. The van der Waals surface area contributed by atoms with E-state index in [0.717, 1.165) is 11.3 Å². The summed E-state index contributed by atoms with van der Waals surface area (Å²) in [4.78, 5) is 26.4. The van der Waals surface area contributed by atoms with Gasteiger partial charge in [-0.25, -0.2) is 9.18 Å². The number of carboxylic acid groups (broad SMARTS) is 1. The number of hydrogen-bond donors (Lipinski definition) is 2. The van der Waals surface area contributed by atoms with Crippen molar-refractivity contribution >= 4 is 23.1 Å². The van der Waals surface area contributed by atoms with Gasteiger partial charge in [0.1, 0.15) is 10.7 Å². The normalized spacial score (nSPS) is 19.7. The Bertz CT molecular complexity index is 1080. The van der Waals surface area contributed by atoms with Gasteiger partial charge in [-0.15, -0.1) is 11.3 Å². The molecule has 3 rings (SSSR count). The Morgan fingerprint density at radius 2 is 1.81 bits per heavy atom.